The number of hydrogen-bond donors (Lipinski definition) is 1. The molecule has 1 fully saturated rings. The fraction of sp³-hybridized carbons (Fsp3) is 0.625. The lowest BCUT2D eigenvalue weighted by atomic mass is 9.95. The third-order valence-electron chi connectivity index (χ3n) is 4.18. The van der Waals surface area contributed by atoms with Crippen molar-refractivity contribution >= 4 is 0 Å². The first-order valence-corrected chi connectivity index (χ1v) is 7.46. The number of nitrogens with two attached hydrogens (primary N) is 1. The van der Waals surface area contributed by atoms with Crippen molar-refractivity contribution in [3.8, 4) is 5.75 Å². The van der Waals surface area contributed by atoms with E-state index in [9.17, 15) is 4.39 Å². The van der Waals surface area contributed by atoms with Crippen molar-refractivity contribution < 1.29 is 13.9 Å². The summed E-state index contributed by atoms with van der Waals surface area (Å²) in [4.78, 5) is 2.34. The van der Waals surface area contributed by atoms with Crippen LogP contribution in [-0.4, -0.2) is 45.4 Å². The van der Waals surface area contributed by atoms with E-state index in [0.717, 1.165) is 31.7 Å². The van der Waals surface area contributed by atoms with Crippen LogP contribution in [-0.2, 0) is 4.74 Å². The summed E-state index contributed by atoms with van der Waals surface area (Å²) in [6.07, 6.45) is 2.31. The highest BCUT2D eigenvalue weighted by molar-refractivity contribution is 5.31. The van der Waals surface area contributed by atoms with Crippen LogP contribution in [0, 0.1) is 11.7 Å². The monoisotopic (exact) mass is 296 g/mol. The summed E-state index contributed by atoms with van der Waals surface area (Å²) < 4.78 is 24.1. The molecule has 0 aromatic heterocycles. The maximum atomic E-state index is 13.9. The zero-order chi connectivity index (χ0) is 15.2. The normalized spacial score (nSPS) is 21.2. The fourth-order valence-electron chi connectivity index (χ4n) is 3.14. The molecule has 21 heavy (non-hydrogen) atoms. The summed E-state index contributed by atoms with van der Waals surface area (Å²) >= 11 is 0. The molecule has 1 saturated heterocycles. The Morgan fingerprint density at radius 2 is 2.24 bits per heavy atom. The van der Waals surface area contributed by atoms with E-state index in [4.69, 9.17) is 15.2 Å². The van der Waals surface area contributed by atoms with Crippen LogP contribution >= 0.6 is 0 Å². The Balaban J connectivity index is 2.13. The van der Waals surface area contributed by atoms with Gasteiger partial charge in [0.05, 0.1) is 13.7 Å². The van der Waals surface area contributed by atoms with Crippen molar-refractivity contribution in [2.45, 2.75) is 18.9 Å². The van der Waals surface area contributed by atoms with Crippen LogP contribution in [0.15, 0.2) is 18.2 Å². The molecular formula is C16H25FN2O2. The van der Waals surface area contributed by atoms with E-state index in [1.807, 2.05) is 6.07 Å². The van der Waals surface area contributed by atoms with Crippen LogP contribution in [0.5, 0.6) is 5.75 Å². The fourth-order valence-corrected chi connectivity index (χ4v) is 3.14. The summed E-state index contributed by atoms with van der Waals surface area (Å²) in [5.74, 6) is 0.463. The van der Waals surface area contributed by atoms with Gasteiger partial charge in [-0.15, -0.1) is 0 Å². The highest BCUT2D eigenvalue weighted by atomic mass is 19.1. The lowest BCUT2D eigenvalue weighted by Gasteiger charge is -2.38. The average molecular weight is 296 g/mol. The molecule has 0 bridgehead atoms. The first-order valence-electron chi connectivity index (χ1n) is 7.46. The standard InChI is InChI=1S/C16H25FN2O2/c1-20-11-12-4-3-7-19(10-12)15(9-18)13-5-6-16(21-2)14(17)8-13/h5-6,8,12,15H,3-4,7,9-11,18H2,1-2H3. The zero-order valence-electron chi connectivity index (χ0n) is 12.8. The van der Waals surface area contributed by atoms with Crippen LogP contribution in [0.25, 0.3) is 0 Å². The van der Waals surface area contributed by atoms with Crippen molar-refractivity contribution in [2.75, 3.05) is 40.5 Å². The number of likely N-dealkylation sites (tertiary alicyclic amines) is 1. The minimum Gasteiger partial charge on any atom is -0.494 e. The third kappa shape index (κ3) is 3.93. The molecule has 2 rings (SSSR count). The van der Waals surface area contributed by atoms with Gasteiger partial charge in [0.1, 0.15) is 0 Å². The van der Waals surface area contributed by atoms with Crippen LogP contribution in [0.3, 0.4) is 0 Å². The molecule has 5 heteroatoms. The Morgan fingerprint density at radius 1 is 1.43 bits per heavy atom. The number of hydrogen-bond acceptors (Lipinski definition) is 4. The van der Waals surface area contributed by atoms with E-state index in [2.05, 4.69) is 4.90 Å². The summed E-state index contributed by atoms with van der Waals surface area (Å²) in [6, 6.07) is 5.16. The first kappa shape index (κ1) is 16.2. The molecule has 2 N–H and O–H groups in total. The molecule has 1 heterocycles. The quantitative estimate of drug-likeness (QED) is 0.874. The van der Waals surface area contributed by atoms with Crippen LogP contribution in [0.2, 0.25) is 0 Å². The Bertz CT molecular complexity index is 454. The number of ether oxygens (including phenoxy) is 2. The minimum absolute atomic E-state index is 0.0464. The van der Waals surface area contributed by atoms with Crippen molar-refractivity contribution in [1.29, 1.82) is 0 Å². The molecule has 0 spiro atoms. The molecule has 1 aromatic rings. The zero-order valence-corrected chi connectivity index (χ0v) is 12.8. The molecule has 1 aromatic carbocycles. The van der Waals surface area contributed by atoms with E-state index < -0.39 is 0 Å². The summed E-state index contributed by atoms with van der Waals surface area (Å²) in [5, 5.41) is 0. The number of piperidine rings is 1. The van der Waals surface area contributed by atoms with Crippen molar-refractivity contribution in [3.05, 3.63) is 29.6 Å². The Labute approximate surface area is 126 Å². The summed E-state index contributed by atoms with van der Waals surface area (Å²) in [5.41, 5.74) is 6.86. The van der Waals surface area contributed by atoms with Gasteiger partial charge in [-0.05, 0) is 43.0 Å². The predicted octanol–water partition coefficient (Wildman–Crippen LogP) is 2.19. The van der Waals surface area contributed by atoms with Gasteiger partial charge < -0.3 is 15.2 Å². The molecule has 0 saturated carbocycles. The summed E-state index contributed by atoms with van der Waals surface area (Å²) in [7, 11) is 3.21. The van der Waals surface area contributed by atoms with Crippen LogP contribution in [0.4, 0.5) is 4.39 Å². The number of nitrogens with zero attached hydrogens (tertiary/aromatic N) is 1. The Morgan fingerprint density at radius 3 is 2.86 bits per heavy atom. The van der Waals surface area contributed by atoms with Gasteiger partial charge in [-0.25, -0.2) is 4.39 Å². The smallest absolute Gasteiger partial charge is 0.165 e. The highest BCUT2D eigenvalue weighted by Crippen LogP contribution is 2.29. The third-order valence-corrected chi connectivity index (χ3v) is 4.18. The van der Waals surface area contributed by atoms with Gasteiger partial charge in [0, 0.05) is 26.2 Å². The molecule has 0 amide bonds. The second-order valence-electron chi connectivity index (χ2n) is 5.60. The Kier molecular flexibility index (Phi) is 5.96. The van der Waals surface area contributed by atoms with Crippen molar-refractivity contribution in [1.82, 2.24) is 4.90 Å². The van der Waals surface area contributed by atoms with Gasteiger partial charge in [-0.1, -0.05) is 6.07 Å². The van der Waals surface area contributed by atoms with Gasteiger partial charge in [0.25, 0.3) is 0 Å². The van der Waals surface area contributed by atoms with E-state index in [1.165, 1.54) is 19.6 Å². The SMILES string of the molecule is COCC1CCCN(C(CN)c2ccc(OC)c(F)c2)C1. The minimum atomic E-state index is -0.334. The van der Waals surface area contributed by atoms with Crippen LogP contribution in [0.1, 0.15) is 24.4 Å². The highest BCUT2D eigenvalue weighted by Gasteiger charge is 2.26. The van der Waals surface area contributed by atoms with Crippen LogP contribution < -0.4 is 10.5 Å². The average Bonchev–Trinajstić information content (AvgIpc) is 2.49. The van der Waals surface area contributed by atoms with Crippen molar-refractivity contribution in [2.24, 2.45) is 11.7 Å². The molecule has 2 unspecified atom stereocenters. The maximum Gasteiger partial charge on any atom is 0.165 e. The van der Waals surface area contributed by atoms with Gasteiger partial charge in [-0.3, -0.25) is 4.90 Å². The van der Waals surface area contributed by atoms with E-state index >= 15 is 0 Å². The molecular weight excluding hydrogens is 271 g/mol. The summed E-state index contributed by atoms with van der Waals surface area (Å²) in [6.45, 7) is 3.19. The molecule has 4 nitrogen and oxygen atoms in total. The molecule has 1 aliphatic heterocycles. The van der Waals surface area contributed by atoms with E-state index in [-0.39, 0.29) is 17.6 Å². The molecule has 1 aliphatic rings. The largest absolute Gasteiger partial charge is 0.494 e. The lowest BCUT2D eigenvalue weighted by Crippen LogP contribution is -2.42. The van der Waals surface area contributed by atoms with Gasteiger partial charge in [0.2, 0.25) is 0 Å². The molecule has 0 radical (unpaired) electrons. The second kappa shape index (κ2) is 7.73. The topological polar surface area (TPSA) is 47.7 Å². The van der Waals surface area contributed by atoms with E-state index in [0.29, 0.717) is 12.5 Å². The van der Waals surface area contributed by atoms with E-state index in [1.54, 1.807) is 13.2 Å². The maximum absolute atomic E-state index is 13.9. The van der Waals surface area contributed by atoms with Gasteiger partial charge >= 0.3 is 0 Å². The number of benzene rings is 1. The molecule has 0 aliphatic carbocycles. The molecule has 2 atom stereocenters. The second-order valence-corrected chi connectivity index (χ2v) is 5.60. The number of halogens is 1. The lowest BCUT2D eigenvalue weighted by molar-refractivity contribution is 0.0696. The van der Waals surface area contributed by atoms with Crippen molar-refractivity contribution in [3.63, 3.8) is 0 Å². The van der Waals surface area contributed by atoms with Gasteiger partial charge in [0.15, 0.2) is 11.6 Å². The number of rotatable bonds is 6. The predicted molar refractivity (Wildman–Crippen MR) is 80.9 cm³/mol. The molecule has 118 valence electrons. The Hall–Kier alpha value is -1.17. The number of methoxy groups -OCH3 is 2. The first-order chi connectivity index (χ1) is 10.2. The van der Waals surface area contributed by atoms with Gasteiger partial charge in [-0.2, -0.15) is 0 Å².